The van der Waals surface area contributed by atoms with Crippen LogP contribution < -0.4 is 5.56 Å². The van der Waals surface area contributed by atoms with Gasteiger partial charge in [0.05, 0.1) is 11.4 Å². The van der Waals surface area contributed by atoms with Gasteiger partial charge in [-0.15, -0.1) is 5.10 Å². The molecule has 27 heavy (non-hydrogen) atoms. The van der Waals surface area contributed by atoms with Crippen molar-refractivity contribution in [2.45, 2.75) is 17.1 Å². The van der Waals surface area contributed by atoms with Gasteiger partial charge in [0.2, 0.25) is 11.0 Å². The molecule has 0 saturated carbocycles. The highest BCUT2D eigenvalue weighted by Crippen LogP contribution is 2.26. The van der Waals surface area contributed by atoms with Crippen molar-refractivity contribution in [2.24, 2.45) is 0 Å². The van der Waals surface area contributed by atoms with E-state index in [2.05, 4.69) is 25.5 Å². The van der Waals surface area contributed by atoms with Crippen molar-refractivity contribution < 1.29 is 13.2 Å². The number of aromatic amines is 1. The summed E-state index contributed by atoms with van der Waals surface area (Å²) in [5.74, 6) is -1.47. The Kier molecular flexibility index (Phi) is 4.14. The topological polar surface area (TPSA) is 107 Å². The third kappa shape index (κ3) is 3.40. The lowest BCUT2D eigenvalue weighted by Crippen LogP contribution is -2.16. The summed E-state index contributed by atoms with van der Waals surface area (Å²) >= 11 is 1.19. The maximum atomic E-state index is 12.7. The van der Waals surface area contributed by atoms with Crippen LogP contribution in [0.2, 0.25) is 0 Å². The van der Waals surface area contributed by atoms with E-state index in [1.807, 2.05) is 35.4 Å². The Hall–Kier alpha value is -3.22. The van der Waals surface area contributed by atoms with Gasteiger partial charge in [-0.25, -0.2) is 4.98 Å². The summed E-state index contributed by atoms with van der Waals surface area (Å²) in [4.78, 5) is 19.3. The number of thioether (sulfide) groups is 1. The molecule has 4 aromatic rings. The molecular formula is C14H9F3N8OS. The van der Waals surface area contributed by atoms with Gasteiger partial charge in [-0.3, -0.25) is 9.89 Å². The zero-order valence-electron chi connectivity index (χ0n) is 13.3. The summed E-state index contributed by atoms with van der Waals surface area (Å²) in [6.45, 7) is 0. The fourth-order valence-corrected chi connectivity index (χ4v) is 3.05. The fraction of sp³-hybridized carbons (Fsp3) is 0.143. The Labute approximate surface area is 152 Å². The Bertz CT molecular complexity index is 1150. The molecule has 0 bridgehead atoms. The van der Waals surface area contributed by atoms with E-state index in [0.717, 1.165) is 11.8 Å². The number of H-pyrrole nitrogens is 1. The molecular weight excluding hydrogens is 385 g/mol. The van der Waals surface area contributed by atoms with E-state index >= 15 is 0 Å². The van der Waals surface area contributed by atoms with Crippen molar-refractivity contribution >= 4 is 17.5 Å². The first-order valence-electron chi connectivity index (χ1n) is 7.44. The first-order chi connectivity index (χ1) is 12.9. The maximum Gasteiger partial charge on any atom is 0.451 e. The number of tetrazole rings is 1. The van der Waals surface area contributed by atoms with Gasteiger partial charge in [-0.05, 0) is 22.6 Å². The highest BCUT2D eigenvalue weighted by atomic mass is 32.2. The average molecular weight is 394 g/mol. The van der Waals surface area contributed by atoms with Gasteiger partial charge in [0.15, 0.2) is 0 Å². The zero-order chi connectivity index (χ0) is 19.0. The van der Waals surface area contributed by atoms with Gasteiger partial charge in [-0.1, -0.05) is 30.0 Å². The second-order valence-electron chi connectivity index (χ2n) is 5.29. The van der Waals surface area contributed by atoms with E-state index in [0.29, 0.717) is 9.67 Å². The van der Waals surface area contributed by atoms with Crippen LogP contribution in [0.15, 0.2) is 46.3 Å². The third-order valence-electron chi connectivity index (χ3n) is 3.44. The lowest BCUT2D eigenvalue weighted by atomic mass is 10.3. The van der Waals surface area contributed by atoms with Crippen LogP contribution in [0, 0.1) is 0 Å². The van der Waals surface area contributed by atoms with Crippen molar-refractivity contribution in [3.63, 3.8) is 0 Å². The summed E-state index contributed by atoms with van der Waals surface area (Å²) in [6, 6.07) is 10.3. The summed E-state index contributed by atoms with van der Waals surface area (Å²) in [7, 11) is 0. The number of hydrogen-bond donors (Lipinski definition) is 1. The molecule has 4 rings (SSSR count). The molecule has 13 heteroatoms. The van der Waals surface area contributed by atoms with Crippen LogP contribution in [0.3, 0.4) is 0 Å². The molecule has 0 spiro atoms. The molecule has 0 aliphatic rings. The van der Waals surface area contributed by atoms with Crippen LogP contribution >= 0.6 is 11.8 Å². The Morgan fingerprint density at radius 1 is 1.15 bits per heavy atom. The minimum Gasteiger partial charge on any atom is -0.267 e. The van der Waals surface area contributed by atoms with Crippen LogP contribution in [-0.2, 0) is 11.9 Å². The number of halogens is 3. The van der Waals surface area contributed by atoms with E-state index in [-0.39, 0.29) is 17.2 Å². The summed E-state index contributed by atoms with van der Waals surface area (Å²) in [5, 5.41) is 13.8. The monoisotopic (exact) mass is 394 g/mol. The van der Waals surface area contributed by atoms with E-state index in [4.69, 9.17) is 0 Å². The molecule has 0 unspecified atom stereocenters. The van der Waals surface area contributed by atoms with E-state index < -0.39 is 17.6 Å². The average Bonchev–Trinajstić information content (AvgIpc) is 3.27. The molecule has 1 aromatic carbocycles. The predicted octanol–water partition coefficient (Wildman–Crippen LogP) is 1.70. The number of nitrogens with one attached hydrogen (secondary N) is 1. The molecule has 0 saturated heterocycles. The summed E-state index contributed by atoms with van der Waals surface area (Å²) in [5.41, 5.74) is 0.310. The van der Waals surface area contributed by atoms with E-state index in [1.165, 1.54) is 16.4 Å². The predicted molar refractivity (Wildman–Crippen MR) is 87.3 cm³/mol. The molecule has 3 heterocycles. The number of benzene rings is 1. The third-order valence-corrected chi connectivity index (χ3v) is 4.40. The number of para-hydroxylation sites is 1. The normalized spacial score (nSPS) is 12.0. The minimum atomic E-state index is -4.70. The van der Waals surface area contributed by atoms with Gasteiger partial charge in [0.25, 0.3) is 11.3 Å². The number of aromatic nitrogens is 8. The molecule has 0 radical (unpaired) electrons. The van der Waals surface area contributed by atoms with Gasteiger partial charge < -0.3 is 0 Å². The zero-order valence-corrected chi connectivity index (χ0v) is 14.1. The molecule has 0 fully saturated rings. The number of nitrogens with zero attached hydrogens (tertiary/aromatic N) is 7. The first-order valence-corrected chi connectivity index (χ1v) is 8.43. The maximum absolute atomic E-state index is 12.7. The van der Waals surface area contributed by atoms with E-state index in [1.54, 1.807) is 0 Å². The molecule has 0 aliphatic carbocycles. The standard InChI is InChI=1S/C14H9F3N8OS/c15-14(16,17)11-19-12-18-8(6-10(26)25(12)21-11)7-27-13-20-22-23-24(13)9-4-2-1-3-5-9/h1-6H,7H2,(H,18,19,21). The molecule has 0 amide bonds. The van der Waals surface area contributed by atoms with Crippen LogP contribution in [0.5, 0.6) is 0 Å². The summed E-state index contributed by atoms with van der Waals surface area (Å²) < 4.78 is 40.3. The fourth-order valence-electron chi connectivity index (χ4n) is 2.27. The largest absolute Gasteiger partial charge is 0.451 e. The molecule has 138 valence electrons. The molecule has 3 aromatic heterocycles. The smallest absolute Gasteiger partial charge is 0.267 e. The van der Waals surface area contributed by atoms with Gasteiger partial charge >= 0.3 is 6.18 Å². The molecule has 1 N–H and O–H groups in total. The SMILES string of the molecule is O=c1cc(CSc2nnnn2-c2ccccc2)nc2nc(C(F)(F)F)[nH]n12. The quantitative estimate of drug-likeness (QED) is 0.525. The van der Waals surface area contributed by atoms with Crippen molar-refractivity contribution in [3.8, 4) is 5.69 Å². The molecule has 0 atom stereocenters. The molecule has 0 aliphatic heterocycles. The first kappa shape index (κ1) is 17.2. The van der Waals surface area contributed by atoms with Gasteiger partial charge in [-0.2, -0.15) is 27.4 Å². The second-order valence-corrected chi connectivity index (χ2v) is 6.23. The minimum absolute atomic E-state index is 0.174. The Morgan fingerprint density at radius 3 is 2.67 bits per heavy atom. The lowest BCUT2D eigenvalue weighted by molar-refractivity contribution is -0.144. The van der Waals surface area contributed by atoms with Crippen molar-refractivity contribution in [1.29, 1.82) is 0 Å². The number of fused-ring (bicyclic) bond motifs is 1. The Morgan fingerprint density at radius 2 is 1.93 bits per heavy atom. The van der Waals surface area contributed by atoms with Crippen molar-refractivity contribution in [1.82, 2.24) is 39.8 Å². The van der Waals surface area contributed by atoms with Gasteiger partial charge in [0.1, 0.15) is 0 Å². The second kappa shape index (κ2) is 6.50. The van der Waals surface area contributed by atoms with Crippen LogP contribution in [0.25, 0.3) is 11.5 Å². The highest BCUT2D eigenvalue weighted by Gasteiger charge is 2.35. The number of hydrogen-bond acceptors (Lipinski definition) is 7. The lowest BCUT2D eigenvalue weighted by Gasteiger charge is -2.03. The Balaban J connectivity index is 1.60. The highest BCUT2D eigenvalue weighted by molar-refractivity contribution is 7.98. The van der Waals surface area contributed by atoms with E-state index in [9.17, 15) is 18.0 Å². The molecule has 9 nitrogen and oxygen atoms in total. The van der Waals surface area contributed by atoms with Crippen LogP contribution in [-0.4, -0.2) is 39.8 Å². The number of alkyl halides is 3. The van der Waals surface area contributed by atoms with Crippen LogP contribution in [0.4, 0.5) is 13.2 Å². The van der Waals surface area contributed by atoms with Crippen molar-refractivity contribution in [3.05, 3.63) is 58.3 Å². The van der Waals surface area contributed by atoms with Crippen molar-refractivity contribution in [2.75, 3.05) is 0 Å². The number of rotatable bonds is 4. The summed E-state index contributed by atoms with van der Waals surface area (Å²) in [6.07, 6.45) is -4.70. The van der Waals surface area contributed by atoms with Gasteiger partial charge in [0, 0.05) is 11.8 Å². The van der Waals surface area contributed by atoms with Crippen LogP contribution in [0.1, 0.15) is 11.5 Å².